The molecule has 1 saturated carbocycles. The summed E-state index contributed by atoms with van der Waals surface area (Å²) in [5.74, 6) is -1.30. The SMILES string of the molecule is CC(C)(C)C.O=C(CC(NC(=O)C1CCC1)C(=O)OCc1ccccc1)NCCCCC(O)CO. The van der Waals surface area contributed by atoms with Crippen molar-refractivity contribution in [3.8, 4) is 0 Å². The summed E-state index contributed by atoms with van der Waals surface area (Å²) < 4.78 is 5.32. The Hall–Kier alpha value is -2.45. The van der Waals surface area contributed by atoms with Gasteiger partial charge >= 0.3 is 5.97 Å². The number of hydrogen-bond donors (Lipinski definition) is 4. The minimum Gasteiger partial charge on any atom is -0.459 e. The van der Waals surface area contributed by atoms with Crippen LogP contribution in [0.3, 0.4) is 0 Å². The Balaban J connectivity index is 0.00000111. The standard InChI is InChI=1S/C22H32N2O6.C5H12/c25-14-18(26)11-4-5-12-23-20(27)13-19(24-21(28)17-9-6-10-17)22(29)30-15-16-7-2-1-3-8-16;1-5(2,3)4/h1-3,7-8,17-19,25-26H,4-6,9-15H2,(H,23,27)(H,24,28);1-4H3. The highest BCUT2D eigenvalue weighted by atomic mass is 16.5. The number of carbonyl (C=O) groups is 3. The van der Waals surface area contributed by atoms with Crippen LogP contribution in [-0.4, -0.2) is 53.3 Å². The van der Waals surface area contributed by atoms with Gasteiger partial charge < -0.3 is 25.6 Å². The topological polar surface area (TPSA) is 125 Å². The number of unbranched alkanes of at least 4 members (excludes halogenated alkanes) is 1. The summed E-state index contributed by atoms with van der Waals surface area (Å²) in [5, 5.41) is 23.5. The third-order valence-electron chi connectivity index (χ3n) is 5.19. The number of ether oxygens (including phenoxy) is 1. The number of hydrogen-bond acceptors (Lipinski definition) is 6. The maximum atomic E-state index is 12.5. The molecule has 1 aliphatic rings. The number of amides is 2. The molecule has 198 valence electrons. The zero-order valence-electron chi connectivity index (χ0n) is 21.7. The van der Waals surface area contributed by atoms with Crippen LogP contribution in [-0.2, 0) is 25.7 Å². The van der Waals surface area contributed by atoms with Crippen molar-refractivity contribution in [1.82, 2.24) is 10.6 Å². The number of carbonyl (C=O) groups excluding carboxylic acids is 3. The van der Waals surface area contributed by atoms with E-state index in [0.717, 1.165) is 24.8 Å². The minimum absolute atomic E-state index is 0.0737. The molecule has 0 saturated heterocycles. The van der Waals surface area contributed by atoms with Crippen LogP contribution >= 0.6 is 0 Å². The number of esters is 1. The molecule has 2 rings (SSSR count). The third kappa shape index (κ3) is 15.2. The van der Waals surface area contributed by atoms with Crippen LogP contribution in [0, 0.1) is 11.3 Å². The summed E-state index contributed by atoms with van der Waals surface area (Å²) in [6, 6.07) is 8.17. The molecule has 0 spiro atoms. The molecule has 0 bridgehead atoms. The van der Waals surface area contributed by atoms with Crippen molar-refractivity contribution in [2.45, 2.75) is 91.4 Å². The molecule has 1 aliphatic carbocycles. The number of rotatable bonds is 13. The van der Waals surface area contributed by atoms with Crippen LogP contribution < -0.4 is 10.6 Å². The van der Waals surface area contributed by atoms with Gasteiger partial charge in [-0.15, -0.1) is 0 Å². The first-order valence-electron chi connectivity index (χ1n) is 12.6. The summed E-state index contributed by atoms with van der Waals surface area (Å²) in [6.07, 6.45) is 3.40. The zero-order valence-corrected chi connectivity index (χ0v) is 21.7. The second kappa shape index (κ2) is 16.3. The lowest BCUT2D eigenvalue weighted by atomic mass is 9.84. The van der Waals surface area contributed by atoms with Gasteiger partial charge in [0.25, 0.3) is 0 Å². The quantitative estimate of drug-likeness (QED) is 0.248. The predicted molar refractivity (Wildman–Crippen MR) is 135 cm³/mol. The Morgan fingerprint density at radius 1 is 1.09 bits per heavy atom. The Morgan fingerprint density at radius 2 is 1.71 bits per heavy atom. The smallest absolute Gasteiger partial charge is 0.329 e. The Kier molecular flexibility index (Phi) is 14.2. The van der Waals surface area contributed by atoms with Gasteiger partial charge in [0.2, 0.25) is 11.8 Å². The molecule has 4 N–H and O–H groups in total. The lowest BCUT2D eigenvalue weighted by Crippen LogP contribution is -2.48. The van der Waals surface area contributed by atoms with E-state index in [1.54, 1.807) is 0 Å². The average Bonchev–Trinajstić information content (AvgIpc) is 2.75. The molecule has 0 heterocycles. The van der Waals surface area contributed by atoms with Crippen LogP contribution in [0.1, 0.15) is 78.2 Å². The summed E-state index contributed by atoms with van der Waals surface area (Å²) in [6.45, 7) is 8.93. The summed E-state index contributed by atoms with van der Waals surface area (Å²) in [4.78, 5) is 37.1. The van der Waals surface area contributed by atoms with Gasteiger partial charge in [0.1, 0.15) is 12.6 Å². The van der Waals surface area contributed by atoms with E-state index in [1.807, 2.05) is 30.3 Å². The van der Waals surface area contributed by atoms with E-state index in [0.29, 0.717) is 31.2 Å². The van der Waals surface area contributed by atoms with Crippen molar-refractivity contribution >= 4 is 17.8 Å². The molecule has 2 atom stereocenters. The third-order valence-corrected chi connectivity index (χ3v) is 5.19. The molecule has 2 amide bonds. The van der Waals surface area contributed by atoms with Gasteiger partial charge in [-0.3, -0.25) is 9.59 Å². The van der Waals surface area contributed by atoms with Crippen molar-refractivity contribution < 1.29 is 29.3 Å². The fourth-order valence-electron chi connectivity index (χ4n) is 3.06. The molecule has 0 radical (unpaired) electrons. The predicted octanol–water partition coefficient (Wildman–Crippen LogP) is 3.10. The van der Waals surface area contributed by atoms with E-state index >= 15 is 0 Å². The van der Waals surface area contributed by atoms with Crippen molar-refractivity contribution in [2.75, 3.05) is 13.2 Å². The van der Waals surface area contributed by atoms with E-state index in [-0.39, 0.29) is 37.4 Å². The first kappa shape index (κ1) is 30.6. The van der Waals surface area contributed by atoms with Gasteiger partial charge in [-0.2, -0.15) is 0 Å². The molecular formula is C27H44N2O6. The number of nitrogens with one attached hydrogen (secondary N) is 2. The minimum atomic E-state index is -1.03. The molecule has 8 heteroatoms. The van der Waals surface area contributed by atoms with E-state index in [9.17, 15) is 19.5 Å². The lowest BCUT2D eigenvalue weighted by molar-refractivity contribution is -0.151. The highest BCUT2D eigenvalue weighted by Gasteiger charge is 2.31. The summed E-state index contributed by atoms with van der Waals surface area (Å²) >= 11 is 0. The zero-order chi connectivity index (χ0) is 26.3. The molecule has 35 heavy (non-hydrogen) atoms. The van der Waals surface area contributed by atoms with Crippen LogP contribution in [0.5, 0.6) is 0 Å². The van der Waals surface area contributed by atoms with Gasteiger partial charge in [-0.1, -0.05) is 64.4 Å². The largest absolute Gasteiger partial charge is 0.459 e. The molecule has 0 aromatic heterocycles. The first-order valence-corrected chi connectivity index (χ1v) is 12.6. The second-order valence-corrected chi connectivity index (χ2v) is 10.7. The molecular weight excluding hydrogens is 448 g/mol. The van der Waals surface area contributed by atoms with E-state index in [2.05, 4.69) is 38.3 Å². The van der Waals surface area contributed by atoms with Crippen molar-refractivity contribution in [3.05, 3.63) is 35.9 Å². The molecule has 8 nitrogen and oxygen atoms in total. The Labute approximate surface area is 209 Å². The van der Waals surface area contributed by atoms with Crippen LogP contribution in [0.2, 0.25) is 0 Å². The fourth-order valence-corrected chi connectivity index (χ4v) is 3.06. The number of benzene rings is 1. The van der Waals surface area contributed by atoms with E-state index < -0.39 is 18.1 Å². The maximum Gasteiger partial charge on any atom is 0.329 e. The average molecular weight is 493 g/mol. The van der Waals surface area contributed by atoms with Crippen LogP contribution in [0.4, 0.5) is 0 Å². The Morgan fingerprint density at radius 3 is 2.26 bits per heavy atom. The summed E-state index contributed by atoms with van der Waals surface area (Å²) in [5.41, 5.74) is 1.32. The van der Waals surface area contributed by atoms with Crippen LogP contribution in [0.25, 0.3) is 0 Å². The molecule has 2 unspecified atom stereocenters. The molecule has 1 fully saturated rings. The highest BCUT2D eigenvalue weighted by molar-refractivity contribution is 5.90. The monoisotopic (exact) mass is 492 g/mol. The van der Waals surface area contributed by atoms with Crippen molar-refractivity contribution in [2.24, 2.45) is 11.3 Å². The van der Waals surface area contributed by atoms with E-state index in [4.69, 9.17) is 9.84 Å². The van der Waals surface area contributed by atoms with Crippen molar-refractivity contribution in [3.63, 3.8) is 0 Å². The first-order chi connectivity index (χ1) is 16.5. The number of aliphatic hydroxyl groups excluding tert-OH is 2. The van der Waals surface area contributed by atoms with Gasteiger partial charge in [0.15, 0.2) is 0 Å². The normalized spacial score (nSPS) is 15.0. The van der Waals surface area contributed by atoms with E-state index in [1.165, 1.54) is 0 Å². The second-order valence-electron chi connectivity index (χ2n) is 10.7. The Bertz CT molecular complexity index is 753. The molecule has 1 aromatic carbocycles. The maximum absolute atomic E-state index is 12.5. The lowest BCUT2D eigenvalue weighted by Gasteiger charge is -2.26. The molecule has 0 aliphatic heterocycles. The van der Waals surface area contributed by atoms with Gasteiger partial charge in [0, 0.05) is 12.5 Å². The fraction of sp³-hybridized carbons (Fsp3) is 0.667. The molecule has 1 aromatic rings. The summed E-state index contributed by atoms with van der Waals surface area (Å²) in [7, 11) is 0. The number of aliphatic hydroxyl groups is 2. The van der Waals surface area contributed by atoms with Gasteiger partial charge in [-0.25, -0.2) is 4.79 Å². The van der Waals surface area contributed by atoms with Crippen molar-refractivity contribution in [1.29, 1.82) is 0 Å². The van der Waals surface area contributed by atoms with Gasteiger partial charge in [0.05, 0.1) is 19.1 Å². The van der Waals surface area contributed by atoms with Crippen LogP contribution in [0.15, 0.2) is 30.3 Å². The van der Waals surface area contributed by atoms with Gasteiger partial charge in [-0.05, 0) is 43.1 Å². The highest BCUT2D eigenvalue weighted by Crippen LogP contribution is 2.26.